The number of esters is 1. The fourth-order valence-electron chi connectivity index (χ4n) is 6.10. The SMILES string of the molecule is CCc1c2c(nc3ccc(OC(=O)N(C)CCN(C)C(=O)OCc4ccc(NC(=O)CNC=O)cc4)cc13)-c1cc3c(c(=O)n1C2)COC(=O)[C@H]3O. The van der Waals surface area contributed by atoms with E-state index in [2.05, 4.69) is 10.6 Å². The molecule has 270 valence electrons. The van der Waals surface area contributed by atoms with Crippen LogP contribution in [0.4, 0.5) is 15.3 Å². The molecule has 4 amide bonds. The minimum atomic E-state index is -1.54. The van der Waals surface area contributed by atoms with Gasteiger partial charge in [0.15, 0.2) is 6.10 Å². The molecule has 0 bridgehead atoms. The normalized spacial score (nSPS) is 14.0. The summed E-state index contributed by atoms with van der Waals surface area (Å²) in [5, 5.41) is 16.1. The predicted molar refractivity (Wildman–Crippen MR) is 185 cm³/mol. The average molecular weight is 713 g/mol. The summed E-state index contributed by atoms with van der Waals surface area (Å²) >= 11 is 0. The summed E-state index contributed by atoms with van der Waals surface area (Å²) in [6.45, 7) is 2.19. The van der Waals surface area contributed by atoms with Crippen LogP contribution in [0.1, 0.15) is 40.8 Å². The van der Waals surface area contributed by atoms with Gasteiger partial charge < -0.3 is 44.3 Å². The first-order chi connectivity index (χ1) is 25.0. The molecule has 4 aromatic rings. The third-order valence-corrected chi connectivity index (χ3v) is 8.94. The van der Waals surface area contributed by atoms with Crippen LogP contribution >= 0.6 is 0 Å². The number of hydrogen-bond acceptors (Lipinski definition) is 11. The van der Waals surface area contributed by atoms with E-state index in [1.165, 1.54) is 9.80 Å². The highest BCUT2D eigenvalue weighted by Crippen LogP contribution is 2.38. The fraction of sp³-hybridized carbons (Fsp3) is 0.306. The van der Waals surface area contributed by atoms with Crippen LogP contribution in [0.5, 0.6) is 5.75 Å². The van der Waals surface area contributed by atoms with E-state index in [0.29, 0.717) is 46.7 Å². The Morgan fingerprint density at radius 2 is 1.77 bits per heavy atom. The lowest BCUT2D eigenvalue weighted by Crippen LogP contribution is -2.38. The molecule has 2 aromatic carbocycles. The number of amides is 4. The van der Waals surface area contributed by atoms with Gasteiger partial charge in [-0.2, -0.15) is 0 Å². The number of carbonyl (C=O) groups excluding carboxylic acids is 5. The molecule has 3 N–H and O–H groups in total. The van der Waals surface area contributed by atoms with E-state index in [1.807, 2.05) is 6.92 Å². The second-order valence-corrected chi connectivity index (χ2v) is 12.3. The number of aryl methyl sites for hydroxylation is 1. The molecule has 6 rings (SSSR count). The van der Waals surface area contributed by atoms with E-state index >= 15 is 0 Å². The standard InChI is InChI=1S/C36H36N6O10/c1-4-23-24-13-22(9-10-28(24)39-31-26(23)16-42-29(31)14-25-27(33(42)46)18-50-34(47)32(25)45)52-36(49)41(3)12-11-40(2)35(48)51-17-20-5-7-21(8-6-20)38-30(44)15-37-19-43/h5-10,13-14,19,32,45H,4,11-12,15-18H2,1-3H3,(H,37,43)(H,38,44)/t32-/m0/s1. The number of fused-ring (bicyclic) bond motifs is 5. The molecule has 0 unspecified atom stereocenters. The molecule has 4 heterocycles. The number of aromatic nitrogens is 2. The van der Waals surface area contributed by atoms with Crippen molar-refractivity contribution in [3.8, 4) is 17.1 Å². The molecule has 0 saturated heterocycles. The summed E-state index contributed by atoms with van der Waals surface area (Å²) in [5.41, 5.74) is 4.81. The van der Waals surface area contributed by atoms with Gasteiger partial charge >= 0.3 is 18.2 Å². The molecule has 0 fully saturated rings. The van der Waals surface area contributed by atoms with Gasteiger partial charge in [0.2, 0.25) is 12.3 Å². The molecular formula is C36H36N6O10. The molecule has 2 aromatic heterocycles. The molecule has 0 radical (unpaired) electrons. The first-order valence-electron chi connectivity index (χ1n) is 16.4. The second-order valence-electron chi connectivity index (χ2n) is 12.3. The van der Waals surface area contributed by atoms with Gasteiger partial charge in [-0.3, -0.25) is 14.4 Å². The molecule has 0 spiro atoms. The number of likely N-dealkylation sites (N-methyl/N-ethyl adjacent to an activating group) is 2. The minimum Gasteiger partial charge on any atom is -0.458 e. The van der Waals surface area contributed by atoms with Crippen molar-refractivity contribution < 1.29 is 43.3 Å². The molecule has 1 atom stereocenters. The Bertz CT molecular complexity index is 2150. The zero-order valence-electron chi connectivity index (χ0n) is 28.6. The lowest BCUT2D eigenvalue weighted by molar-refractivity contribution is -0.157. The molecular weight excluding hydrogens is 676 g/mol. The number of nitrogens with one attached hydrogen (secondary N) is 2. The Balaban J connectivity index is 1.06. The summed E-state index contributed by atoms with van der Waals surface area (Å²) < 4.78 is 17.6. The molecule has 16 nitrogen and oxygen atoms in total. The number of rotatable bonds is 11. The number of anilines is 1. The van der Waals surface area contributed by atoms with Crippen LogP contribution in [0.15, 0.2) is 53.3 Å². The van der Waals surface area contributed by atoms with Crippen LogP contribution in [0, 0.1) is 0 Å². The van der Waals surface area contributed by atoms with E-state index in [-0.39, 0.29) is 62.0 Å². The largest absolute Gasteiger partial charge is 0.458 e. The summed E-state index contributed by atoms with van der Waals surface area (Å²) in [4.78, 5) is 80.5. The molecule has 16 heteroatoms. The van der Waals surface area contributed by atoms with Crippen LogP contribution in [0.25, 0.3) is 22.3 Å². The molecule has 0 saturated carbocycles. The number of cyclic esters (lactones) is 1. The highest BCUT2D eigenvalue weighted by molar-refractivity contribution is 5.93. The second kappa shape index (κ2) is 14.9. The number of ether oxygens (including phenoxy) is 3. The van der Waals surface area contributed by atoms with Gasteiger partial charge in [0.1, 0.15) is 19.0 Å². The minimum absolute atomic E-state index is 0.00818. The summed E-state index contributed by atoms with van der Waals surface area (Å²) in [5.74, 6) is -0.889. The first kappa shape index (κ1) is 35.5. The number of aliphatic hydroxyl groups is 1. The zero-order chi connectivity index (χ0) is 37.1. The van der Waals surface area contributed by atoms with Crippen molar-refractivity contribution in [3.63, 3.8) is 0 Å². The number of pyridine rings is 2. The lowest BCUT2D eigenvalue weighted by Gasteiger charge is -2.22. The van der Waals surface area contributed by atoms with E-state index in [1.54, 1.807) is 67.2 Å². The summed E-state index contributed by atoms with van der Waals surface area (Å²) in [6.07, 6.45) is -1.74. The molecule has 0 aliphatic carbocycles. The quantitative estimate of drug-likeness (QED) is 0.134. The van der Waals surface area contributed by atoms with E-state index in [0.717, 1.165) is 16.5 Å². The van der Waals surface area contributed by atoms with Gasteiger partial charge in [0.05, 0.1) is 35.6 Å². The maximum Gasteiger partial charge on any atom is 0.415 e. The lowest BCUT2D eigenvalue weighted by atomic mass is 9.97. The molecule has 2 aliphatic heterocycles. The van der Waals surface area contributed by atoms with Crippen molar-refractivity contribution in [2.75, 3.05) is 39.0 Å². The van der Waals surface area contributed by atoms with E-state index < -0.39 is 24.3 Å². The van der Waals surface area contributed by atoms with Gasteiger partial charge in [-0.15, -0.1) is 0 Å². The summed E-state index contributed by atoms with van der Waals surface area (Å²) in [7, 11) is 3.10. The van der Waals surface area contributed by atoms with E-state index in [4.69, 9.17) is 19.2 Å². The monoisotopic (exact) mass is 712 g/mol. The maximum atomic E-state index is 13.4. The van der Waals surface area contributed by atoms with Gasteiger partial charge in [-0.25, -0.2) is 19.4 Å². The van der Waals surface area contributed by atoms with E-state index in [9.17, 15) is 33.9 Å². The third kappa shape index (κ3) is 7.14. The van der Waals surface area contributed by atoms with Gasteiger partial charge in [-0.1, -0.05) is 19.1 Å². The van der Waals surface area contributed by atoms with Crippen molar-refractivity contribution in [1.82, 2.24) is 24.7 Å². The number of benzene rings is 2. The zero-order valence-corrected chi connectivity index (χ0v) is 28.6. The van der Waals surface area contributed by atoms with Crippen molar-refractivity contribution in [2.24, 2.45) is 0 Å². The van der Waals surface area contributed by atoms with Crippen LogP contribution in [0.3, 0.4) is 0 Å². The van der Waals surface area contributed by atoms with Gasteiger partial charge in [-0.05, 0) is 53.9 Å². The Kier molecular flexibility index (Phi) is 10.2. The Morgan fingerprint density at radius 1 is 1.04 bits per heavy atom. The summed E-state index contributed by atoms with van der Waals surface area (Å²) in [6, 6.07) is 13.4. The average Bonchev–Trinajstić information content (AvgIpc) is 3.51. The number of aliphatic hydroxyl groups excluding tert-OH is 1. The predicted octanol–water partition coefficient (Wildman–Crippen LogP) is 2.46. The topological polar surface area (TPSA) is 199 Å². The number of hydrogen-bond donors (Lipinski definition) is 3. The number of nitrogens with zero attached hydrogens (tertiary/aromatic N) is 4. The van der Waals surface area contributed by atoms with Crippen molar-refractivity contribution in [1.29, 1.82) is 0 Å². The van der Waals surface area contributed by atoms with Gasteiger partial charge in [0.25, 0.3) is 5.56 Å². The molecule has 2 aliphatic rings. The van der Waals surface area contributed by atoms with Crippen molar-refractivity contribution >= 4 is 47.1 Å². The number of carbonyl (C=O) groups is 5. The fourth-order valence-corrected chi connectivity index (χ4v) is 6.10. The van der Waals surface area contributed by atoms with Crippen LogP contribution < -0.4 is 20.9 Å². The smallest absolute Gasteiger partial charge is 0.415 e. The van der Waals surface area contributed by atoms with Crippen LogP contribution in [-0.4, -0.2) is 88.7 Å². The highest BCUT2D eigenvalue weighted by atomic mass is 16.6. The van der Waals surface area contributed by atoms with Crippen LogP contribution in [-0.2, 0) is 50.0 Å². The Labute approximate surface area is 296 Å². The Morgan fingerprint density at radius 3 is 2.48 bits per heavy atom. The van der Waals surface area contributed by atoms with Crippen LogP contribution in [0.2, 0.25) is 0 Å². The Hall–Kier alpha value is -6.29. The van der Waals surface area contributed by atoms with Crippen molar-refractivity contribution in [2.45, 2.75) is 39.2 Å². The van der Waals surface area contributed by atoms with Gasteiger partial charge in [0, 0.05) is 49.4 Å². The van der Waals surface area contributed by atoms with Crippen molar-refractivity contribution in [3.05, 3.63) is 86.7 Å². The maximum absolute atomic E-state index is 13.4. The molecule has 52 heavy (non-hydrogen) atoms. The first-order valence-corrected chi connectivity index (χ1v) is 16.4. The third-order valence-electron chi connectivity index (χ3n) is 8.94. The highest BCUT2D eigenvalue weighted by Gasteiger charge is 2.34.